The molecule has 0 amide bonds. The van der Waals surface area contributed by atoms with Gasteiger partial charge in [-0.15, -0.1) is 0 Å². The molecule has 0 aliphatic heterocycles. The van der Waals surface area contributed by atoms with Gasteiger partial charge in [0.25, 0.3) is 0 Å². The van der Waals surface area contributed by atoms with Gasteiger partial charge in [-0.2, -0.15) is 0 Å². The predicted octanol–water partition coefficient (Wildman–Crippen LogP) is 1.77. The lowest BCUT2D eigenvalue weighted by Gasteiger charge is -2.05. The van der Waals surface area contributed by atoms with Crippen molar-refractivity contribution < 1.29 is 0 Å². The molecule has 2 heterocycles. The van der Waals surface area contributed by atoms with E-state index in [2.05, 4.69) is 28.3 Å². The summed E-state index contributed by atoms with van der Waals surface area (Å²) in [5, 5.41) is 3.37. The van der Waals surface area contributed by atoms with Crippen LogP contribution in [0.25, 0.3) is 5.82 Å². The normalized spacial score (nSPS) is 10.6. The van der Waals surface area contributed by atoms with E-state index in [1.807, 2.05) is 23.0 Å². The maximum atomic E-state index is 4.31. The fourth-order valence-electron chi connectivity index (χ4n) is 1.52. The Labute approximate surface area is 95.4 Å². The second kappa shape index (κ2) is 5.42. The average molecular weight is 216 g/mol. The zero-order chi connectivity index (χ0) is 11.2. The lowest BCUT2D eigenvalue weighted by atomic mass is 10.2. The van der Waals surface area contributed by atoms with Crippen molar-refractivity contribution in [2.24, 2.45) is 0 Å². The molecule has 2 rings (SSSR count). The molecule has 0 fully saturated rings. The summed E-state index contributed by atoms with van der Waals surface area (Å²) < 4.78 is 1.91. The van der Waals surface area contributed by atoms with E-state index in [0.29, 0.717) is 0 Å². The Morgan fingerprint density at radius 1 is 1.38 bits per heavy atom. The summed E-state index contributed by atoms with van der Waals surface area (Å²) in [7, 11) is 0. The molecule has 4 nitrogen and oxygen atoms in total. The minimum absolute atomic E-state index is 0.887. The standard InChI is InChI=1S/C12H16N4/c1-2-4-13-9-11-3-5-15-12(8-11)16-7-6-14-10-16/h3,5-8,10,13H,2,4,9H2,1H3. The highest BCUT2D eigenvalue weighted by atomic mass is 15.1. The van der Waals surface area contributed by atoms with Gasteiger partial charge in [-0.3, -0.25) is 4.57 Å². The van der Waals surface area contributed by atoms with Crippen LogP contribution in [0.15, 0.2) is 37.1 Å². The van der Waals surface area contributed by atoms with Crippen molar-refractivity contribution in [1.82, 2.24) is 19.9 Å². The molecule has 0 unspecified atom stereocenters. The Bertz CT molecular complexity index is 422. The monoisotopic (exact) mass is 216 g/mol. The molecular formula is C12H16N4. The van der Waals surface area contributed by atoms with E-state index in [9.17, 15) is 0 Å². The third-order valence-electron chi connectivity index (χ3n) is 2.33. The molecule has 16 heavy (non-hydrogen) atoms. The number of imidazole rings is 1. The summed E-state index contributed by atoms with van der Waals surface area (Å²) in [6.07, 6.45) is 8.39. The first kappa shape index (κ1) is 10.8. The van der Waals surface area contributed by atoms with Crippen molar-refractivity contribution in [1.29, 1.82) is 0 Å². The number of nitrogens with one attached hydrogen (secondary N) is 1. The van der Waals surface area contributed by atoms with E-state index >= 15 is 0 Å². The third-order valence-corrected chi connectivity index (χ3v) is 2.33. The van der Waals surface area contributed by atoms with Gasteiger partial charge in [0.2, 0.25) is 0 Å². The summed E-state index contributed by atoms with van der Waals surface area (Å²) in [6, 6.07) is 4.10. The Kier molecular flexibility index (Phi) is 3.66. The van der Waals surface area contributed by atoms with E-state index in [1.165, 1.54) is 5.56 Å². The van der Waals surface area contributed by atoms with Gasteiger partial charge in [-0.05, 0) is 30.7 Å². The zero-order valence-electron chi connectivity index (χ0n) is 9.43. The smallest absolute Gasteiger partial charge is 0.138 e. The number of hydrogen-bond acceptors (Lipinski definition) is 3. The molecule has 84 valence electrons. The van der Waals surface area contributed by atoms with Crippen molar-refractivity contribution in [2.45, 2.75) is 19.9 Å². The van der Waals surface area contributed by atoms with Crippen LogP contribution >= 0.6 is 0 Å². The van der Waals surface area contributed by atoms with Crippen LogP contribution in [0.3, 0.4) is 0 Å². The van der Waals surface area contributed by atoms with E-state index in [4.69, 9.17) is 0 Å². The van der Waals surface area contributed by atoms with E-state index in [-0.39, 0.29) is 0 Å². The topological polar surface area (TPSA) is 42.7 Å². The first-order chi connectivity index (χ1) is 7.90. The average Bonchev–Trinajstić information content (AvgIpc) is 2.83. The fraction of sp³-hybridized carbons (Fsp3) is 0.333. The van der Waals surface area contributed by atoms with Crippen molar-refractivity contribution in [2.75, 3.05) is 6.54 Å². The number of rotatable bonds is 5. The van der Waals surface area contributed by atoms with Gasteiger partial charge in [0.15, 0.2) is 0 Å². The summed E-state index contributed by atoms with van der Waals surface area (Å²) in [5.41, 5.74) is 1.24. The highest BCUT2D eigenvalue weighted by Gasteiger charge is 1.98. The maximum Gasteiger partial charge on any atom is 0.138 e. The summed E-state index contributed by atoms with van der Waals surface area (Å²) in [5.74, 6) is 0.910. The molecule has 1 N–H and O–H groups in total. The largest absolute Gasteiger partial charge is 0.313 e. The zero-order valence-corrected chi connectivity index (χ0v) is 9.43. The van der Waals surface area contributed by atoms with Crippen molar-refractivity contribution in [3.63, 3.8) is 0 Å². The summed E-state index contributed by atoms with van der Waals surface area (Å²) >= 11 is 0. The molecule has 0 saturated heterocycles. The molecule has 0 saturated carbocycles. The van der Waals surface area contributed by atoms with Crippen molar-refractivity contribution >= 4 is 0 Å². The number of nitrogens with zero attached hydrogens (tertiary/aromatic N) is 3. The van der Waals surface area contributed by atoms with Crippen LogP contribution in [0.2, 0.25) is 0 Å². The Hall–Kier alpha value is -1.68. The predicted molar refractivity (Wildman–Crippen MR) is 63.4 cm³/mol. The van der Waals surface area contributed by atoms with Gasteiger partial charge >= 0.3 is 0 Å². The highest BCUT2D eigenvalue weighted by molar-refractivity contribution is 5.27. The van der Waals surface area contributed by atoms with Crippen LogP contribution in [0.5, 0.6) is 0 Å². The SMILES string of the molecule is CCCNCc1ccnc(-n2ccnc2)c1. The number of pyridine rings is 1. The molecule has 0 aliphatic carbocycles. The Morgan fingerprint density at radius 2 is 2.31 bits per heavy atom. The Balaban J connectivity index is 2.08. The van der Waals surface area contributed by atoms with E-state index in [1.54, 1.807) is 12.5 Å². The molecule has 2 aromatic heterocycles. The lowest BCUT2D eigenvalue weighted by molar-refractivity contribution is 0.674. The first-order valence-corrected chi connectivity index (χ1v) is 5.54. The molecule has 0 bridgehead atoms. The molecular weight excluding hydrogens is 200 g/mol. The van der Waals surface area contributed by atoms with Gasteiger partial charge in [0.1, 0.15) is 12.1 Å². The second-order valence-electron chi connectivity index (χ2n) is 3.67. The molecule has 0 radical (unpaired) electrons. The maximum absolute atomic E-state index is 4.31. The van der Waals surface area contributed by atoms with Crippen molar-refractivity contribution in [3.05, 3.63) is 42.6 Å². The number of hydrogen-bond donors (Lipinski definition) is 1. The van der Waals surface area contributed by atoms with Crippen LogP contribution in [0.4, 0.5) is 0 Å². The van der Waals surface area contributed by atoms with E-state index < -0.39 is 0 Å². The molecule has 4 heteroatoms. The van der Waals surface area contributed by atoms with Crippen LogP contribution < -0.4 is 5.32 Å². The van der Waals surface area contributed by atoms with Crippen LogP contribution in [-0.4, -0.2) is 21.1 Å². The molecule has 0 spiro atoms. The van der Waals surface area contributed by atoms with Crippen LogP contribution in [0, 0.1) is 0 Å². The fourth-order valence-corrected chi connectivity index (χ4v) is 1.52. The van der Waals surface area contributed by atoms with Gasteiger partial charge in [-0.1, -0.05) is 6.92 Å². The molecule has 2 aromatic rings. The summed E-state index contributed by atoms with van der Waals surface area (Å²) in [6.45, 7) is 4.09. The second-order valence-corrected chi connectivity index (χ2v) is 3.67. The highest BCUT2D eigenvalue weighted by Crippen LogP contribution is 2.06. The van der Waals surface area contributed by atoms with Gasteiger partial charge in [0, 0.05) is 25.1 Å². The van der Waals surface area contributed by atoms with Gasteiger partial charge < -0.3 is 5.32 Å². The van der Waals surface area contributed by atoms with Crippen molar-refractivity contribution in [3.8, 4) is 5.82 Å². The quantitative estimate of drug-likeness (QED) is 0.774. The van der Waals surface area contributed by atoms with Crippen LogP contribution in [0.1, 0.15) is 18.9 Å². The van der Waals surface area contributed by atoms with E-state index in [0.717, 1.165) is 25.3 Å². The lowest BCUT2D eigenvalue weighted by Crippen LogP contribution is -2.14. The van der Waals surface area contributed by atoms with Crippen LogP contribution in [-0.2, 0) is 6.54 Å². The molecule has 0 aliphatic rings. The third kappa shape index (κ3) is 2.67. The molecule has 0 aromatic carbocycles. The minimum atomic E-state index is 0.887. The first-order valence-electron chi connectivity index (χ1n) is 5.54. The van der Waals surface area contributed by atoms with Gasteiger partial charge in [-0.25, -0.2) is 9.97 Å². The minimum Gasteiger partial charge on any atom is -0.313 e. The summed E-state index contributed by atoms with van der Waals surface area (Å²) in [4.78, 5) is 8.32. The molecule has 0 atom stereocenters. The Morgan fingerprint density at radius 3 is 3.06 bits per heavy atom. The van der Waals surface area contributed by atoms with Gasteiger partial charge in [0.05, 0.1) is 0 Å². The number of aromatic nitrogens is 3.